The molecular weight excluding hydrogens is 242 g/mol. The van der Waals surface area contributed by atoms with Gasteiger partial charge in [-0.15, -0.1) is 10.2 Å². The quantitative estimate of drug-likeness (QED) is 0.394. The SMILES string of the molecule is Nc1nnc(N2CCOCC2)n1CN(N)C=S. The molecule has 1 saturated heterocycles. The topological polar surface area (TPSA) is 98.5 Å². The molecule has 8 nitrogen and oxygen atoms in total. The third-order valence-electron chi connectivity index (χ3n) is 2.49. The molecule has 0 atom stereocenters. The highest BCUT2D eigenvalue weighted by molar-refractivity contribution is 7.78. The lowest BCUT2D eigenvalue weighted by atomic mass is 10.4. The first-order chi connectivity index (χ1) is 8.22. The Hall–Kier alpha value is -1.45. The van der Waals surface area contributed by atoms with Crippen LogP contribution in [0.5, 0.6) is 0 Å². The average molecular weight is 257 g/mol. The van der Waals surface area contributed by atoms with Gasteiger partial charge in [0.25, 0.3) is 0 Å². The van der Waals surface area contributed by atoms with Gasteiger partial charge in [0, 0.05) is 13.1 Å². The summed E-state index contributed by atoms with van der Waals surface area (Å²) in [5.74, 6) is 6.64. The molecule has 0 bridgehead atoms. The minimum absolute atomic E-state index is 0.318. The third-order valence-corrected chi connectivity index (χ3v) is 2.76. The van der Waals surface area contributed by atoms with Crippen LogP contribution in [0.4, 0.5) is 11.9 Å². The maximum Gasteiger partial charge on any atom is 0.230 e. The van der Waals surface area contributed by atoms with Crippen molar-refractivity contribution in [3.63, 3.8) is 0 Å². The molecule has 1 aliphatic heterocycles. The van der Waals surface area contributed by atoms with E-state index in [0.29, 0.717) is 31.8 Å². The summed E-state index contributed by atoms with van der Waals surface area (Å²) < 4.78 is 7.00. The third kappa shape index (κ3) is 2.62. The molecule has 0 saturated carbocycles. The zero-order valence-electron chi connectivity index (χ0n) is 9.32. The van der Waals surface area contributed by atoms with Gasteiger partial charge < -0.3 is 15.4 Å². The molecule has 9 heteroatoms. The predicted molar refractivity (Wildman–Crippen MR) is 67.1 cm³/mol. The van der Waals surface area contributed by atoms with Gasteiger partial charge in [0.15, 0.2) is 0 Å². The second-order valence-electron chi connectivity index (χ2n) is 3.65. The molecule has 0 aromatic carbocycles. The van der Waals surface area contributed by atoms with E-state index in [-0.39, 0.29) is 0 Å². The monoisotopic (exact) mass is 257 g/mol. The van der Waals surface area contributed by atoms with E-state index in [4.69, 9.17) is 28.5 Å². The van der Waals surface area contributed by atoms with Crippen molar-refractivity contribution in [1.29, 1.82) is 0 Å². The molecule has 0 aliphatic carbocycles. The zero-order chi connectivity index (χ0) is 12.3. The summed E-state index contributed by atoms with van der Waals surface area (Å²) in [5.41, 5.74) is 7.10. The minimum Gasteiger partial charge on any atom is -0.378 e. The van der Waals surface area contributed by atoms with E-state index in [1.165, 1.54) is 10.5 Å². The molecule has 0 radical (unpaired) electrons. The number of morpholine rings is 1. The Morgan fingerprint density at radius 1 is 1.41 bits per heavy atom. The molecule has 0 unspecified atom stereocenters. The summed E-state index contributed by atoms with van der Waals surface area (Å²) in [6.07, 6.45) is 0. The van der Waals surface area contributed by atoms with Crippen molar-refractivity contribution in [2.75, 3.05) is 36.9 Å². The number of nitrogens with two attached hydrogens (primary N) is 2. The van der Waals surface area contributed by atoms with E-state index < -0.39 is 0 Å². The summed E-state index contributed by atoms with van der Waals surface area (Å²) in [6, 6.07) is 0. The number of hydrazine groups is 1. The zero-order valence-corrected chi connectivity index (χ0v) is 10.1. The molecule has 1 aromatic rings. The fraction of sp³-hybridized carbons (Fsp3) is 0.625. The van der Waals surface area contributed by atoms with Crippen molar-refractivity contribution in [2.45, 2.75) is 6.67 Å². The van der Waals surface area contributed by atoms with Crippen LogP contribution in [-0.4, -0.2) is 51.6 Å². The number of thiocarbonyl (C=S) groups is 1. The molecule has 17 heavy (non-hydrogen) atoms. The molecule has 2 rings (SSSR count). The highest BCUT2D eigenvalue weighted by Gasteiger charge is 2.19. The Kier molecular flexibility index (Phi) is 3.71. The van der Waals surface area contributed by atoms with E-state index in [1.807, 2.05) is 0 Å². The summed E-state index contributed by atoms with van der Waals surface area (Å²) in [7, 11) is 0. The van der Waals surface area contributed by atoms with Gasteiger partial charge in [-0.05, 0) is 0 Å². The number of aromatic nitrogens is 3. The molecule has 1 aromatic heterocycles. The Morgan fingerprint density at radius 2 is 2.12 bits per heavy atom. The lowest BCUT2D eigenvalue weighted by Crippen LogP contribution is -2.39. The van der Waals surface area contributed by atoms with Gasteiger partial charge in [0.1, 0.15) is 6.67 Å². The van der Waals surface area contributed by atoms with Crippen LogP contribution in [0.25, 0.3) is 0 Å². The lowest BCUT2D eigenvalue weighted by molar-refractivity contribution is 0.121. The number of nitrogen functional groups attached to an aromatic ring is 1. The number of hydrogen-bond acceptors (Lipinski definition) is 7. The van der Waals surface area contributed by atoms with Crippen LogP contribution in [0.3, 0.4) is 0 Å². The molecule has 1 fully saturated rings. The number of ether oxygens (including phenoxy) is 1. The summed E-state index contributed by atoms with van der Waals surface area (Å²) in [4.78, 5) is 2.06. The minimum atomic E-state index is 0.318. The van der Waals surface area contributed by atoms with Gasteiger partial charge in [-0.2, -0.15) is 0 Å². The van der Waals surface area contributed by atoms with Crippen LogP contribution in [0, 0.1) is 0 Å². The fourth-order valence-corrected chi connectivity index (χ4v) is 1.70. The van der Waals surface area contributed by atoms with E-state index in [1.54, 1.807) is 4.57 Å². The second kappa shape index (κ2) is 5.25. The summed E-state index contributed by atoms with van der Waals surface area (Å²) in [5, 5.41) is 9.26. The Bertz CT molecular complexity index is 389. The molecule has 4 N–H and O–H groups in total. The molecule has 94 valence electrons. The maximum atomic E-state index is 5.75. The van der Waals surface area contributed by atoms with Crippen molar-refractivity contribution >= 4 is 29.6 Å². The average Bonchev–Trinajstić information content (AvgIpc) is 2.72. The van der Waals surface area contributed by atoms with Crippen LogP contribution in [-0.2, 0) is 11.4 Å². The fourth-order valence-electron chi connectivity index (χ4n) is 1.64. The number of nitrogens with zero attached hydrogens (tertiary/aromatic N) is 5. The van der Waals surface area contributed by atoms with Gasteiger partial charge in [0.2, 0.25) is 11.9 Å². The van der Waals surface area contributed by atoms with Gasteiger partial charge in [-0.1, -0.05) is 12.2 Å². The van der Waals surface area contributed by atoms with E-state index in [0.717, 1.165) is 13.1 Å². The van der Waals surface area contributed by atoms with Gasteiger partial charge in [0.05, 0.1) is 18.7 Å². The smallest absolute Gasteiger partial charge is 0.230 e. The Labute approximate surface area is 104 Å². The van der Waals surface area contributed by atoms with Crippen molar-refractivity contribution < 1.29 is 4.74 Å². The van der Waals surface area contributed by atoms with Gasteiger partial charge in [-0.3, -0.25) is 9.58 Å². The first-order valence-corrected chi connectivity index (χ1v) is 5.67. The van der Waals surface area contributed by atoms with E-state index in [9.17, 15) is 0 Å². The second-order valence-corrected chi connectivity index (χ2v) is 3.86. The van der Waals surface area contributed by atoms with Crippen LogP contribution < -0.4 is 16.5 Å². The summed E-state index contributed by atoms with van der Waals surface area (Å²) in [6.45, 7) is 3.20. The predicted octanol–water partition coefficient (Wildman–Crippen LogP) is -1.21. The van der Waals surface area contributed by atoms with Crippen molar-refractivity contribution in [3.05, 3.63) is 0 Å². The van der Waals surface area contributed by atoms with Crippen LogP contribution >= 0.6 is 12.2 Å². The standard InChI is InChI=1S/C8H15N7OS/c9-7-11-12-8(13-1-3-16-4-2-13)15(7)5-14(10)6-17/h6H,1-5,10H2,(H2,9,11). The molecule has 0 spiro atoms. The molecule has 0 amide bonds. The largest absolute Gasteiger partial charge is 0.378 e. The molecule has 1 aliphatic rings. The number of hydrogen-bond donors (Lipinski definition) is 2. The van der Waals surface area contributed by atoms with Crippen molar-refractivity contribution in [2.24, 2.45) is 5.84 Å². The summed E-state index contributed by atoms with van der Waals surface area (Å²) >= 11 is 4.74. The van der Waals surface area contributed by atoms with Crippen molar-refractivity contribution in [3.8, 4) is 0 Å². The Balaban J connectivity index is 2.18. The van der Waals surface area contributed by atoms with Gasteiger partial charge in [-0.25, -0.2) is 5.84 Å². The first-order valence-electron chi connectivity index (χ1n) is 5.20. The highest BCUT2D eigenvalue weighted by atomic mass is 32.1. The number of rotatable bonds is 4. The lowest BCUT2D eigenvalue weighted by Gasteiger charge is -2.28. The van der Waals surface area contributed by atoms with Crippen LogP contribution in [0.2, 0.25) is 0 Å². The maximum absolute atomic E-state index is 5.75. The highest BCUT2D eigenvalue weighted by Crippen LogP contribution is 2.16. The van der Waals surface area contributed by atoms with E-state index >= 15 is 0 Å². The first kappa shape index (κ1) is 12.0. The number of anilines is 2. The van der Waals surface area contributed by atoms with Crippen LogP contribution in [0.15, 0.2) is 0 Å². The van der Waals surface area contributed by atoms with Crippen molar-refractivity contribution in [1.82, 2.24) is 19.8 Å². The van der Waals surface area contributed by atoms with E-state index in [2.05, 4.69) is 15.1 Å². The molecule has 2 heterocycles. The molecular formula is C8H15N7OS. The Morgan fingerprint density at radius 3 is 2.76 bits per heavy atom. The van der Waals surface area contributed by atoms with Gasteiger partial charge >= 0.3 is 0 Å². The normalized spacial score (nSPS) is 15.9. The van der Waals surface area contributed by atoms with Crippen LogP contribution in [0.1, 0.15) is 0 Å².